The molecule has 1 aliphatic carbocycles. The zero-order chi connectivity index (χ0) is 13.1. The molecule has 0 aromatic rings. The van der Waals surface area contributed by atoms with Gasteiger partial charge in [-0.05, 0) is 25.8 Å². The Bertz CT molecular complexity index is 178. The second-order valence-corrected chi connectivity index (χ2v) is 6.16. The average molecular weight is 274 g/mol. The molecule has 0 aromatic carbocycles. The van der Waals surface area contributed by atoms with Gasteiger partial charge in [0.05, 0.1) is 0 Å². The van der Waals surface area contributed by atoms with Crippen LogP contribution < -0.4 is 0 Å². The van der Waals surface area contributed by atoms with Crippen LogP contribution in [0.2, 0.25) is 0 Å². The molecule has 0 radical (unpaired) electrons. The number of alkyl halides is 1. The van der Waals surface area contributed by atoms with Crippen molar-refractivity contribution in [3.63, 3.8) is 0 Å². The minimum absolute atomic E-state index is 0.798. The van der Waals surface area contributed by atoms with E-state index in [0.717, 1.165) is 18.5 Å². The van der Waals surface area contributed by atoms with Crippen molar-refractivity contribution >= 4 is 11.6 Å². The van der Waals surface area contributed by atoms with Crippen molar-refractivity contribution in [3.8, 4) is 0 Å². The third-order valence-corrected chi connectivity index (χ3v) is 4.43. The predicted octanol–water partition coefficient (Wildman–Crippen LogP) is 5.22. The van der Waals surface area contributed by atoms with Crippen LogP contribution in [0.3, 0.4) is 0 Å². The van der Waals surface area contributed by atoms with Gasteiger partial charge in [0.2, 0.25) is 0 Å². The van der Waals surface area contributed by atoms with Crippen molar-refractivity contribution in [3.05, 3.63) is 0 Å². The number of hydrogen-bond acceptors (Lipinski definition) is 1. The van der Waals surface area contributed by atoms with Gasteiger partial charge in [-0.25, -0.2) is 0 Å². The molecule has 0 unspecified atom stereocenters. The second kappa shape index (κ2) is 11.1. The molecular formula is C16H32ClN. The lowest BCUT2D eigenvalue weighted by Gasteiger charge is -2.34. The van der Waals surface area contributed by atoms with Crippen molar-refractivity contribution in [2.24, 2.45) is 0 Å². The van der Waals surface area contributed by atoms with Gasteiger partial charge in [0.1, 0.15) is 0 Å². The Morgan fingerprint density at radius 1 is 0.889 bits per heavy atom. The van der Waals surface area contributed by atoms with Crippen LogP contribution in [0.1, 0.15) is 77.6 Å². The maximum atomic E-state index is 5.96. The van der Waals surface area contributed by atoms with Crippen molar-refractivity contribution in [2.45, 2.75) is 83.6 Å². The fourth-order valence-electron chi connectivity index (χ4n) is 3.13. The van der Waals surface area contributed by atoms with Gasteiger partial charge in [0.15, 0.2) is 0 Å². The molecule has 1 rings (SSSR count). The summed E-state index contributed by atoms with van der Waals surface area (Å²) < 4.78 is 0. The van der Waals surface area contributed by atoms with Gasteiger partial charge in [-0.3, -0.25) is 4.90 Å². The monoisotopic (exact) mass is 273 g/mol. The molecule has 0 aromatic heterocycles. The zero-order valence-electron chi connectivity index (χ0n) is 12.3. The highest BCUT2D eigenvalue weighted by Crippen LogP contribution is 2.23. The summed E-state index contributed by atoms with van der Waals surface area (Å²) in [7, 11) is 0. The Hall–Kier alpha value is 0.250. The molecule has 0 heterocycles. The highest BCUT2D eigenvalue weighted by Gasteiger charge is 2.19. The summed E-state index contributed by atoms with van der Waals surface area (Å²) in [5.74, 6) is 0.798. The standard InChI is InChI=1S/C16H32ClN/c1-2-3-4-5-6-10-14-18(15-13-17)16-11-8-7-9-12-16/h16H,2-15H2,1H3. The molecule has 0 aliphatic heterocycles. The molecule has 1 saturated carbocycles. The number of rotatable bonds is 10. The average Bonchev–Trinajstić information content (AvgIpc) is 2.42. The zero-order valence-corrected chi connectivity index (χ0v) is 13.1. The van der Waals surface area contributed by atoms with Crippen LogP contribution >= 0.6 is 11.6 Å². The largest absolute Gasteiger partial charge is 0.299 e. The fourth-order valence-corrected chi connectivity index (χ4v) is 3.34. The van der Waals surface area contributed by atoms with E-state index in [1.54, 1.807) is 0 Å². The molecule has 1 nitrogen and oxygen atoms in total. The summed E-state index contributed by atoms with van der Waals surface area (Å²) in [6, 6.07) is 0.841. The Morgan fingerprint density at radius 2 is 1.56 bits per heavy atom. The van der Waals surface area contributed by atoms with Gasteiger partial charge in [-0.2, -0.15) is 0 Å². The first-order chi connectivity index (χ1) is 8.88. The van der Waals surface area contributed by atoms with Crippen LogP contribution in [-0.2, 0) is 0 Å². The minimum Gasteiger partial charge on any atom is -0.299 e. The van der Waals surface area contributed by atoms with Crippen LogP contribution in [0, 0.1) is 0 Å². The van der Waals surface area contributed by atoms with E-state index in [1.807, 2.05) is 0 Å². The molecule has 0 atom stereocenters. The summed E-state index contributed by atoms with van der Waals surface area (Å²) in [5.41, 5.74) is 0. The summed E-state index contributed by atoms with van der Waals surface area (Å²) >= 11 is 5.96. The Kier molecular flexibility index (Phi) is 10.1. The van der Waals surface area contributed by atoms with Gasteiger partial charge in [0.25, 0.3) is 0 Å². The summed E-state index contributed by atoms with van der Waals surface area (Å²) in [6.45, 7) is 4.66. The van der Waals surface area contributed by atoms with Gasteiger partial charge >= 0.3 is 0 Å². The quantitative estimate of drug-likeness (QED) is 0.390. The van der Waals surface area contributed by atoms with Gasteiger partial charge in [0, 0.05) is 18.5 Å². The predicted molar refractivity (Wildman–Crippen MR) is 82.5 cm³/mol. The van der Waals surface area contributed by atoms with Crippen LogP contribution in [-0.4, -0.2) is 29.9 Å². The first-order valence-electron chi connectivity index (χ1n) is 8.18. The van der Waals surface area contributed by atoms with Crippen LogP contribution in [0.5, 0.6) is 0 Å². The normalized spacial score (nSPS) is 17.5. The molecule has 0 amide bonds. The maximum absolute atomic E-state index is 5.96. The van der Waals surface area contributed by atoms with E-state index in [9.17, 15) is 0 Å². The number of nitrogens with zero attached hydrogens (tertiary/aromatic N) is 1. The first-order valence-corrected chi connectivity index (χ1v) is 8.72. The highest BCUT2D eigenvalue weighted by molar-refractivity contribution is 6.18. The van der Waals surface area contributed by atoms with Crippen molar-refractivity contribution in [1.29, 1.82) is 0 Å². The van der Waals surface area contributed by atoms with E-state index in [-0.39, 0.29) is 0 Å². The molecule has 0 bridgehead atoms. The molecule has 108 valence electrons. The lowest BCUT2D eigenvalue weighted by molar-refractivity contribution is 0.161. The fraction of sp³-hybridized carbons (Fsp3) is 1.00. The molecule has 0 N–H and O–H groups in total. The summed E-state index contributed by atoms with van der Waals surface area (Å²) in [5, 5.41) is 0. The van der Waals surface area contributed by atoms with Gasteiger partial charge in [-0.15, -0.1) is 11.6 Å². The molecule has 0 saturated heterocycles. The lowest BCUT2D eigenvalue weighted by Crippen LogP contribution is -2.38. The van der Waals surface area contributed by atoms with Crippen molar-refractivity contribution in [2.75, 3.05) is 19.0 Å². The maximum Gasteiger partial charge on any atom is 0.0351 e. The third-order valence-electron chi connectivity index (χ3n) is 4.26. The van der Waals surface area contributed by atoms with Crippen molar-refractivity contribution < 1.29 is 0 Å². The first kappa shape index (κ1) is 16.3. The Labute approximate surface area is 119 Å². The molecular weight excluding hydrogens is 242 g/mol. The van der Waals surface area contributed by atoms with E-state index in [0.29, 0.717) is 0 Å². The SMILES string of the molecule is CCCCCCCCN(CCCl)C1CCCCC1. The van der Waals surface area contributed by atoms with Gasteiger partial charge < -0.3 is 0 Å². The molecule has 1 fully saturated rings. The summed E-state index contributed by atoms with van der Waals surface area (Å²) in [6.07, 6.45) is 15.5. The van der Waals surface area contributed by atoms with Gasteiger partial charge in [-0.1, -0.05) is 58.3 Å². The van der Waals surface area contributed by atoms with Crippen molar-refractivity contribution in [1.82, 2.24) is 4.90 Å². The second-order valence-electron chi connectivity index (χ2n) is 5.78. The number of hydrogen-bond donors (Lipinski definition) is 0. The van der Waals surface area contributed by atoms with Crippen LogP contribution in [0.15, 0.2) is 0 Å². The summed E-state index contributed by atoms with van der Waals surface area (Å²) in [4.78, 5) is 2.67. The third kappa shape index (κ3) is 6.99. The molecule has 18 heavy (non-hydrogen) atoms. The Morgan fingerprint density at radius 3 is 2.22 bits per heavy atom. The lowest BCUT2D eigenvalue weighted by atomic mass is 9.94. The van der Waals surface area contributed by atoms with E-state index >= 15 is 0 Å². The van der Waals surface area contributed by atoms with Crippen LogP contribution in [0.25, 0.3) is 0 Å². The van der Waals surface area contributed by atoms with Crippen LogP contribution in [0.4, 0.5) is 0 Å². The topological polar surface area (TPSA) is 3.24 Å². The molecule has 2 heteroatoms. The Balaban J connectivity index is 2.12. The minimum atomic E-state index is 0.798. The highest BCUT2D eigenvalue weighted by atomic mass is 35.5. The van der Waals surface area contributed by atoms with E-state index in [1.165, 1.54) is 77.2 Å². The van der Waals surface area contributed by atoms with E-state index in [4.69, 9.17) is 11.6 Å². The number of unbranched alkanes of at least 4 members (excludes halogenated alkanes) is 5. The van der Waals surface area contributed by atoms with E-state index < -0.39 is 0 Å². The van der Waals surface area contributed by atoms with E-state index in [2.05, 4.69) is 11.8 Å². The number of halogens is 1. The smallest absolute Gasteiger partial charge is 0.0351 e. The molecule has 1 aliphatic rings. The molecule has 0 spiro atoms.